The van der Waals surface area contributed by atoms with Crippen LogP contribution in [0.5, 0.6) is 0 Å². The van der Waals surface area contributed by atoms with Crippen molar-refractivity contribution in [3.63, 3.8) is 0 Å². The van der Waals surface area contributed by atoms with Crippen LogP contribution in [0.1, 0.15) is 31.9 Å². The highest BCUT2D eigenvalue weighted by molar-refractivity contribution is 5.99. The molecule has 17 heavy (non-hydrogen) atoms. The molecule has 0 saturated carbocycles. The first-order valence-corrected chi connectivity index (χ1v) is 5.71. The predicted molar refractivity (Wildman–Crippen MR) is 66.0 cm³/mol. The second-order valence-electron chi connectivity index (χ2n) is 4.00. The van der Waals surface area contributed by atoms with Crippen LogP contribution in [-0.2, 0) is 9.59 Å². The number of hydrogen-bond acceptors (Lipinski definition) is 2. The van der Waals surface area contributed by atoms with Gasteiger partial charge in [-0.25, -0.2) is 0 Å². The maximum Gasteiger partial charge on any atom is 0.233 e. The molecular formula is C13H18N2O2. The molecule has 92 valence electrons. The van der Waals surface area contributed by atoms with E-state index in [9.17, 15) is 9.59 Å². The molecule has 0 aromatic heterocycles. The highest BCUT2D eigenvalue weighted by Crippen LogP contribution is 2.12. The quantitative estimate of drug-likeness (QED) is 0.755. The van der Waals surface area contributed by atoms with Gasteiger partial charge in [-0.05, 0) is 18.9 Å². The van der Waals surface area contributed by atoms with Crippen LogP contribution in [0.25, 0.3) is 0 Å². The normalized spacial score (nSPS) is 13.8. The van der Waals surface area contributed by atoms with Crippen molar-refractivity contribution in [2.24, 2.45) is 11.7 Å². The van der Waals surface area contributed by atoms with Gasteiger partial charge in [0.25, 0.3) is 0 Å². The van der Waals surface area contributed by atoms with Crippen LogP contribution in [0.3, 0.4) is 0 Å². The maximum absolute atomic E-state index is 11.8. The van der Waals surface area contributed by atoms with Crippen molar-refractivity contribution in [2.45, 2.75) is 26.3 Å². The second-order valence-corrected chi connectivity index (χ2v) is 4.00. The van der Waals surface area contributed by atoms with Crippen molar-refractivity contribution < 1.29 is 9.59 Å². The third-order valence-corrected chi connectivity index (χ3v) is 2.73. The first-order valence-electron chi connectivity index (χ1n) is 5.71. The zero-order chi connectivity index (χ0) is 12.8. The monoisotopic (exact) mass is 234 g/mol. The zero-order valence-corrected chi connectivity index (χ0v) is 10.1. The van der Waals surface area contributed by atoms with Crippen LogP contribution in [0.15, 0.2) is 30.3 Å². The average molecular weight is 234 g/mol. The van der Waals surface area contributed by atoms with Crippen LogP contribution >= 0.6 is 0 Å². The first kappa shape index (κ1) is 13.2. The highest BCUT2D eigenvalue weighted by atomic mass is 16.2. The molecule has 1 aromatic rings. The molecule has 1 unspecified atom stereocenters. The summed E-state index contributed by atoms with van der Waals surface area (Å²) in [6.45, 7) is 3.64. The molecule has 0 bridgehead atoms. The molecule has 1 aromatic carbocycles. The van der Waals surface area contributed by atoms with Gasteiger partial charge in [0.1, 0.15) is 5.92 Å². The fourth-order valence-corrected chi connectivity index (χ4v) is 1.65. The lowest BCUT2D eigenvalue weighted by Gasteiger charge is -2.17. The van der Waals surface area contributed by atoms with E-state index in [2.05, 4.69) is 5.32 Å². The molecular weight excluding hydrogens is 216 g/mol. The van der Waals surface area contributed by atoms with Gasteiger partial charge in [0.05, 0.1) is 6.04 Å². The molecule has 3 N–H and O–H groups in total. The molecule has 2 atom stereocenters. The lowest BCUT2D eigenvalue weighted by molar-refractivity contribution is -0.134. The van der Waals surface area contributed by atoms with Gasteiger partial charge in [0.15, 0.2) is 0 Å². The summed E-state index contributed by atoms with van der Waals surface area (Å²) < 4.78 is 0. The first-order chi connectivity index (χ1) is 8.06. The minimum Gasteiger partial charge on any atom is -0.369 e. The molecule has 0 aliphatic rings. The largest absolute Gasteiger partial charge is 0.369 e. The van der Waals surface area contributed by atoms with Crippen LogP contribution in [0.2, 0.25) is 0 Å². The SMILES string of the molecule is CCC(C(N)=O)C(=O)N[C@@H](C)c1ccccc1. The molecule has 4 nitrogen and oxygen atoms in total. The Morgan fingerprint density at radius 2 is 1.88 bits per heavy atom. The van der Waals surface area contributed by atoms with E-state index < -0.39 is 11.8 Å². The van der Waals surface area contributed by atoms with Crippen LogP contribution < -0.4 is 11.1 Å². The summed E-state index contributed by atoms with van der Waals surface area (Å²) in [6.07, 6.45) is 0.419. The summed E-state index contributed by atoms with van der Waals surface area (Å²) in [7, 11) is 0. The minimum atomic E-state index is -0.749. The lowest BCUT2D eigenvalue weighted by atomic mass is 10.0. The highest BCUT2D eigenvalue weighted by Gasteiger charge is 2.23. The van der Waals surface area contributed by atoms with E-state index in [4.69, 9.17) is 5.73 Å². The summed E-state index contributed by atoms with van der Waals surface area (Å²) in [5.74, 6) is -1.64. The van der Waals surface area contributed by atoms with E-state index in [-0.39, 0.29) is 11.9 Å². The van der Waals surface area contributed by atoms with Gasteiger partial charge in [-0.15, -0.1) is 0 Å². The summed E-state index contributed by atoms with van der Waals surface area (Å²) in [4.78, 5) is 22.8. The molecule has 0 saturated heterocycles. The number of nitrogens with one attached hydrogen (secondary N) is 1. The van der Waals surface area contributed by atoms with E-state index in [0.29, 0.717) is 6.42 Å². The number of carbonyl (C=O) groups excluding carboxylic acids is 2. The van der Waals surface area contributed by atoms with Gasteiger partial charge < -0.3 is 11.1 Å². The minimum absolute atomic E-state index is 0.128. The summed E-state index contributed by atoms with van der Waals surface area (Å²) in [5.41, 5.74) is 6.16. The Morgan fingerprint density at radius 1 is 1.29 bits per heavy atom. The topological polar surface area (TPSA) is 72.2 Å². The van der Waals surface area contributed by atoms with E-state index in [1.54, 1.807) is 6.92 Å². The van der Waals surface area contributed by atoms with Crippen molar-refractivity contribution in [3.8, 4) is 0 Å². The number of carbonyl (C=O) groups is 2. The van der Waals surface area contributed by atoms with Crippen molar-refractivity contribution >= 4 is 11.8 Å². The molecule has 0 heterocycles. The fourth-order valence-electron chi connectivity index (χ4n) is 1.65. The number of rotatable bonds is 5. The van der Waals surface area contributed by atoms with Crippen LogP contribution in [-0.4, -0.2) is 11.8 Å². The smallest absolute Gasteiger partial charge is 0.233 e. The Kier molecular flexibility index (Phi) is 4.69. The van der Waals surface area contributed by atoms with Crippen molar-refractivity contribution in [1.29, 1.82) is 0 Å². The Hall–Kier alpha value is -1.84. The third kappa shape index (κ3) is 3.59. The van der Waals surface area contributed by atoms with Crippen molar-refractivity contribution in [1.82, 2.24) is 5.32 Å². The van der Waals surface area contributed by atoms with Gasteiger partial charge in [-0.3, -0.25) is 9.59 Å². The summed E-state index contributed by atoms with van der Waals surface area (Å²) in [6, 6.07) is 9.45. The molecule has 0 fully saturated rings. The molecule has 0 aliphatic heterocycles. The second kappa shape index (κ2) is 6.03. The van der Waals surface area contributed by atoms with Crippen molar-refractivity contribution in [2.75, 3.05) is 0 Å². The van der Waals surface area contributed by atoms with Gasteiger partial charge in [0.2, 0.25) is 11.8 Å². The summed E-state index contributed by atoms with van der Waals surface area (Å²) >= 11 is 0. The van der Waals surface area contributed by atoms with Gasteiger partial charge >= 0.3 is 0 Å². The number of benzene rings is 1. The predicted octanol–water partition coefficient (Wildman–Crippen LogP) is 1.38. The van der Waals surface area contributed by atoms with Crippen LogP contribution in [0, 0.1) is 5.92 Å². The number of nitrogens with two attached hydrogens (primary N) is 1. The molecule has 1 rings (SSSR count). The maximum atomic E-state index is 11.8. The van der Waals surface area contributed by atoms with Gasteiger partial charge in [0, 0.05) is 0 Å². The van der Waals surface area contributed by atoms with E-state index in [1.807, 2.05) is 37.3 Å². The van der Waals surface area contributed by atoms with Gasteiger partial charge in [-0.2, -0.15) is 0 Å². The summed E-state index contributed by atoms with van der Waals surface area (Å²) in [5, 5.41) is 2.79. The molecule has 2 amide bonds. The third-order valence-electron chi connectivity index (χ3n) is 2.73. The Morgan fingerprint density at radius 3 is 2.35 bits per heavy atom. The average Bonchev–Trinajstić information content (AvgIpc) is 2.30. The fraction of sp³-hybridized carbons (Fsp3) is 0.385. The van der Waals surface area contributed by atoms with Crippen LogP contribution in [0.4, 0.5) is 0 Å². The standard InChI is InChI=1S/C13H18N2O2/c1-3-11(12(14)16)13(17)15-9(2)10-7-5-4-6-8-10/h4-9,11H,3H2,1-2H3,(H2,14,16)(H,15,17)/t9-,11?/m0/s1. The van der Waals surface area contributed by atoms with E-state index >= 15 is 0 Å². The Bertz CT molecular complexity index is 390. The van der Waals surface area contributed by atoms with E-state index in [0.717, 1.165) is 5.56 Å². The zero-order valence-electron chi connectivity index (χ0n) is 10.1. The lowest BCUT2D eigenvalue weighted by Crippen LogP contribution is -2.39. The molecule has 4 heteroatoms. The number of primary amides is 1. The molecule has 0 aliphatic carbocycles. The van der Waals surface area contributed by atoms with Gasteiger partial charge in [-0.1, -0.05) is 37.3 Å². The molecule has 0 radical (unpaired) electrons. The number of amides is 2. The molecule has 0 spiro atoms. The van der Waals surface area contributed by atoms with Crippen molar-refractivity contribution in [3.05, 3.63) is 35.9 Å². The van der Waals surface area contributed by atoms with E-state index in [1.165, 1.54) is 0 Å². The Labute approximate surface area is 101 Å². The number of hydrogen-bond donors (Lipinski definition) is 2. The Balaban J connectivity index is 2.66.